The van der Waals surface area contributed by atoms with Crippen LogP contribution in [0.5, 0.6) is 0 Å². The summed E-state index contributed by atoms with van der Waals surface area (Å²) in [6.07, 6.45) is 0. The average Bonchev–Trinajstić information content (AvgIpc) is 2.17. The van der Waals surface area contributed by atoms with Crippen LogP contribution in [-0.2, 0) is 0 Å². The lowest BCUT2D eigenvalue weighted by Gasteiger charge is -2.01. The summed E-state index contributed by atoms with van der Waals surface area (Å²) in [7, 11) is 0. The second kappa shape index (κ2) is 4.51. The van der Waals surface area contributed by atoms with Crippen LogP contribution in [0.15, 0.2) is 46.3 Å². The predicted octanol–water partition coefficient (Wildman–Crippen LogP) is 2.86. The molecular weight excluding hydrogens is 230 g/mol. The van der Waals surface area contributed by atoms with E-state index in [0.717, 1.165) is 9.92 Å². The molecular formula is C10H8ClN3S. The molecule has 1 aromatic carbocycles. The van der Waals surface area contributed by atoms with E-state index < -0.39 is 0 Å². The van der Waals surface area contributed by atoms with Crippen LogP contribution >= 0.6 is 23.4 Å². The Labute approximate surface area is 96.7 Å². The van der Waals surface area contributed by atoms with Crippen LogP contribution in [0.2, 0.25) is 5.15 Å². The standard InChI is InChI=1S/C10H8ClN3S/c11-8-6-9(14-10(12)13-8)15-7-4-2-1-3-5-7/h1-6H,(H2,12,13,14). The molecule has 0 saturated carbocycles. The van der Waals surface area contributed by atoms with Gasteiger partial charge in [0, 0.05) is 11.0 Å². The van der Waals surface area contributed by atoms with Crippen LogP contribution in [0, 0.1) is 0 Å². The molecule has 0 amide bonds. The fourth-order valence-electron chi connectivity index (χ4n) is 1.08. The molecule has 0 bridgehead atoms. The van der Waals surface area contributed by atoms with E-state index in [1.165, 1.54) is 11.8 Å². The van der Waals surface area contributed by atoms with Gasteiger partial charge in [0.2, 0.25) is 5.95 Å². The smallest absolute Gasteiger partial charge is 0.222 e. The number of hydrogen-bond donors (Lipinski definition) is 1. The van der Waals surface area contributed by atoms with E-state index in [4.69, 9.17) is 17.3 Å². The highest BCUT2D eigenvalue weighted by Crippen LogP contribution is 2.27. The van der Waals surface area contributed by atoms with Crippen LogP contribution in [0.4, 0.5) is 5.95 Å². The first-order chi connectivity index (χ1) is 7.24. The topological polar surface area (TPSA) is 51.8 Å². The Kier molecular flexibility index (Phi) is 3.08. The largest absolute Gasteiger partial charge is 0.368 e. The lowest BCUT2D eigenvalue weighted by Crippen LogP contribution is -1.95. The van der Waals surface area contributed by atoms with E-state index >= 15 is 0 Å². The third kappa shape index (κ3) is 2.84. The van der Waals surface area contributed by atoms with Crippen molar-refractivity contribution in [3.63, 3.8) is 0 Å². The number of nitrogen functional groups attached to an aromatic ring is 1. The summed E-state index contributed by atoms with van der Waals surface area (Å²) < 4.78 is 0. The minimum atomic E-state index is 0.195. The Balaban J connectivity index is 2.25. The summed E-state index contributed by atoms with van der Waals surface area (Å²) in [4.78, 5) is 8.96. The highest BCUT2D eigenvalue weighted by atomic mass is 35.5. The van der Waals surface area contributed by atoms with E-state index in [2.05, 4.69) is 9.97 Å². The average molecular weight is 238 g/mol. The Morgan fingerprint density at radius 1 is 1.13 bits per heavy atom. The van der Waals surface area contributed by atoms with Crippen LogP contribution in [0.25, 0.3) is 0 Å². The maximum atomic E-state index is 5.77. The van der Waals surface area contributed by atoms with Gasteiger partial charge in [-0.15, -0.1) is 0 Å². The molecule has 1 aromatic heterocycles. The van der Waals surface area contributed by atoms with Crippen molar-refractivity contribution in [3.05, 3.63) is 41.6 Å². The summed E-state index contributed by atoms with van der Waals surface area (Å²) in [6, 6.07) is 11.6. The third-order valence-corrected chi connectivity index (χ3v) is 2.77. The van der Waals surface area contributed by atoms with Gasteiger partial charge in [0.15, 0.2) is 0 Å². The third-order valence-electron chi connectivity index (χ3n) is 1.65. The second-order valence-corrected chi connectivity index (χ2v) is 4.28. The van der Waals surface area contributed by atoms with Crippen LogP contribution in [0.3, 0.4) is 0 Å². The predicted molar refractivity (Wildman–Crippen MR) is 62.0 cm³/mol. The second-order valence-electron chi connectivity index (χ2n) is 2.80. The summed E-state index contributed by atoms with van der Waals surface area (Å²) in [5.41, 5.74) is 5.49. The molecule has 3 nitrogen and oxygen atoms in total. The summed E-state index contributed by atoms with van der Waals surface area (Å²) in [5.74, 6) is 0.195. The van der Waals surface area contributed by atoms with Gasteiger partial charge in [-0.3, -0.25) is 0 Å². The van der Waals surface area contributed by atoms with Crippen LogP contribution in [0.1, 0.15) is 0 Å². The summed E-state index contributed by atoms with van der Waals surface area (Å²) in [5, 5.41) is 1.11. The van der Waals surface area contributed by atoms with Crippen molar-refractivity contribution < 1.29 is 0 Å². The van der Waals surface area contributed by atoms with E-state index in [9.17, 15) is 0 Å². The number of halogens is 1. The lowest BCUT2D eigenvalue weighted by molar-refractivity contribution is 1.06. The van der Waals surface area contributed by atoms with Gasteiger partial charge in [-0.2, -0.15) is 0 Å². The molecule has 0 fully saturated rings. The van der Waals surface area contributed by atoms with E-state index in [0.29, 0.717) is 5.15 Å². The number of rotatable bonds is 2. The highest BCUT2D eigenvalue weighted by Gasteiger charge is 2.02. The van der Waals surface area contributed by atoms with Crippen molar-refractivity contribution in [2.24, 2.45) is 0 Å². The molecule has 0 atom stereocenters. The SMILES string of the molecule is Nc1nc(Cl)cc(Sc2ccccc2)n1. The Morgan fingerprint density at radius 3 is 2.53 bits per heavy atom. The molecule has 2 rings (SSSR count). The van der Waals surface area contributed by atoms with Gasteiger partial charge in [0.25, 0.3) is 0 Å². The quantitative estimate of drug-likeness (QED) is 0.816. The molecule has 2 aromatic rings. The molecule has 0 radical (unpaired) electrons. The molecule has 76 valence electrons. The minimum Gasteiger partial charge on any atom is -0.368 e. The molecule has 5 heteroatoms. The van der Waals surface area contributed by atoms with Crippen LogP contribution in [-0.4, -0.2) is 9.97 Å². The van der Waals surface area contributed by atoms with Gasteiger partial charge < -0.3 is 5.73 Å². The minimum absolute atomic E-state index is 0.195. The monoisotopic (exact) mass is 237 g/mol. The molecule has 0 spiro atoms. The van der Waals surface area contributed by atoms with Crippen molar-refractivity contribution in [2.45, 2.75) is 9.92 Å². The number of benzene rings is 1. The Morgan fingerprint density at radius 2 is 1.87 bits per heavy atom. The molecule has 2 N–H and O–H groups in total. The maximum Gasteiger partial charge on any atom is 0.222 e. The van der Waals surface area contributed by atoms with Gasteiger partial charge in [0.05, 0.1) is 0 Å². The van der Waals surface area contributed by atoms with E-state index in [1.807, 2.05) is 30.3 Å². The zero-order chi connectivity index (χ0) is 10.7. The molecule has 0 aliphatic rings. The van der Waals surface area contributed by atoms with Crippen molar-refractivity contribution >= 4 is 29.3 Å². The first kappa shape index (κ1) is 10.3. The molecule has 0 unspecified atom stereocenters. The highest BCUT2D eigenvalue weighted by molar-refractivity contribution is 7.99. The number of hydrogen-bond acceptors (Lipinski definition) is 4. The number of aromatic nitrogens is 2. The van der Waals surface area contributed by atoms with Crippen LogP contribution < -0.4 is 5.73 Å². The fraction of sp³-hybridized carbons (Fsp3) is 0. The van der Waals surface area contributed by atoms with Crippen molar-refractivity contribution in [1.29, 1.82) is 0 Å². The normalized spacial score (nSPS) is 10.2. The maximum absolute atomic E-state index is 5.77. The number of nitrogens with two attached hydrogens (primary N) is 1. The van der Waals surface area contributed by atoms with Gasteiger partial charge in [-0.05, 0) is 12.1 Å². The van der Waals surface area contributed by atoms with Gasteiger partial charge in [-0.1, -0.05) is 41.6 Å². The zero-order valence-electron chi connectivity index (χ0n) is 7.72. The molecule has 0 aliphatic carbocycles. The van der Waals surface area contributed by atoms with Gasteiger partial charge in [0.1, 0.15) is 10.2 Å². The van der Waals surface area contributed by atoms with Crippen molar-refractivity contribution in [1.82, 2.24) is 9.97 Å². The first-order valence-electron chi connectivity index (χ1n) is 4.27. The lowest BCUT2D eigenvalue weighted by atomic mass is 10.4. The Hall–Kier alpha value is -1.26. The fourth-order valence-corrected chi connectivity index (χ4v) is 2.17. The molecule has 1 heterocycles. The summed E-state index contributed by atoms with van der Waals surface area (Å²) in [6.45, 7) is 0. The van der Waals surface area contributed by atoms with E-state index in [1.54, 1.807) is 6.07 Å². The summed E-state index contributed by atoms with van der Waals surface area (Å²) >= 11 is 7.27. The molecule has 15 heavy (non-hydrogen) atoms. The molecule has 0 aliphatic heterocycles. The number of nitrogens with zero attached hydrogens (tertiary/aromatic N) is 2. The Bertz CT molecular complexity index is 441. The number of anilines is 1. The van der Waals surface area contributed by atoms with Crippen molar-refractivity contribution in [3.8, 4) is 0 Å². The first-order valence-corrected chi connectivity index (χ1v) is 5.46. The van der Waals surface area contributed by atoms with Gasteiger partial charge in [-0.25, -0.2) is 9.97 Å². The van der Waals surface area contributed by atoms with E-state index in [-0.39, 0.29) is 5.95 Å². The zero-order valence-corrected chi connectivity index (χ0v) is 9.29. The van der Waals surface area contributed by atoms with Crippen molar-refractivity contribution in [2.75, 3.05) is 5.73 Å². The van der Waals surface area contributed by atoms with Gasteiger partial charge >= 0.3 is 0 Å². The molecule has 0 saturated heterocycles.